The summed E-state index contributed by atoms with van der Waals surface area (Å²) in [6, 6.07) is 13.7. The van der Waals surface area contributed by atoms with Gasteiger partial charge in [-0.05, 0) is 35.9 Å². The summed E-state index contributed by atoms with van der Waals surface area (Å²) >= 11 is 0. The minimum absolute atomic E-state index is 0.00157. The van der Waals surface area contributed by atoms with Crippen molar-refractivity contribution in [2.45, 2.75) is 25.1 Å². The molecule has 0 saturated carbocycles. The first-order chi connectivity index (χ1) is 17.0. The van der Waals surface area contributed by atoms with E-state index in [1.165, 1.54) is 12.1 Å². The molecule has 1 aliphatic heterocycles. The average Bonchev–Trinajstić information content (AvgIpc) is 3.30. The number of ether oxygens (including phenoxy) is 4. The van der Waals surface area contributed by atoms with Gasteiger partial charge in [-0.2, -0.15) is 5.10 Å². The van der Waals surface area contributed by atoms with Crippen molar-refractivity contribution >= 4 is 0 Å². The number of β-amino-alcohol motifs (C(OH)–C–C–N with tert-alkyl or cyclic N) is 1. The van der Waals surface area contributed by atoms with Crippen molar-refractivity contribution < 1.29 is 28.4 Å². The third-order valence-corrected chi connectivity index (χ3v) is 5.73. The number of nitrogens with zero attached hydrogens (tertiary/aromatic N) is 3. The molecule has 0 spiro atoms. The van der Waals surface area contributed by atoms with Crippen LogP contribution in [0.25, 0.3) is 0 Å². The lowest BCUT2D eigenvalue weighted by Gasteiger charge is -2.30. The molecule has 1 saturated heterocycles. The molecule has 3 aromatic rings. The maximum Gasteiger partial charge on any atom is 0.161 e. The molecule has 9 heteroatoms. The van der Waals surface area contributed by atoms with Crippen LogP contribution in [0.4, 0.5) is 4.39 Å². The van der Waals surface area contributed by atoms with Crippen molar-refractivity contribution in [2.75, 3.05) is 46.6 Å². The van der Waals surface area contributed by atoms with Gasteiger partial charge in [0.25, 0.3) is 0 Å². The highest BCUT2D eigenvalue weighted by molar-refractivity contribution is 5.43. The number of methoxy groups -OCH3 is 1. The van der Waals surface area contributed by atoms with Crippen molar-refractivity contribution in [1.29, 1.82) is 0 Å². The molecular formula is C26H32FN3O5. The summed E-state index contributed by atoms with van der Waals surface area (Å²) in [6.07, 6.45) is 4.52. The molecule has 35 heavy (non-hydrogen) atoms. The Morgan fingerprint density at radius 2 is 2.06 bits per heavy atom. The van der Waals surface area contributed by atoms with E-state index in [2.05, 4.69) is 10.00 Å². The molecule has 2 heterocycles. The highest BCUT2D eigenvalue weighted by Crippen LogP contribution is 2.29. The second-order valence-electron chi connectivity index (χ2n) is 8.69. The van der Waals surface area contributed by atoms with Gasteiger partial charge in [0, 0.05) is 51.1 Å². The van der Waals surface area contributed by atoms with Crippen LogP contribution in [0, 0.1) is 5.82 Å². The number of hydrogen-bond donors (Lipinski definition) is 1. The van der Waals surface area contributed by atoms with Crippen LogP contribution in [0.5, 0.6) is 17.2 Å². The predicted molar refractivity (Wildman–Crippen MR) is 128 cm³/mol. The number of rotatable bonds is 11. The lowest BCUT2D eigenvalue weighted by atomic mass is 10.1. The second-order valence-corrected chi connectivity index (χ2v) is 8.69. The van der Waals surface area contributed by atoms with Crippen LogP contribution in [-0.2, 0) is 17.8 Å². The predicted octanol–water partition coefficient (Wildman–Crippen LogP) is 3.14. The van der Waals surface area contributed by atoms with Crippen LogP contribution < -0.4 is 14.2 Å². The first-order valence-corrected chi connectivity index (χ1v) is 11.7. The zero-order chi connectivity index (χ0) is 24.5. The summed E-state index contributed by atoms with van der Waals surface area (Å²) < 4.78 is 38.1. The fourth-order valence-electron chi connectivity index (χ4n) is 4.02. The number of aliphatic hydroxyl groups is 1. The minimum atomic E-state index is -1.22. The Bertz CT molecular complexity index is 1060. The Kier molecular flexibility index (Phi) is 8.57. The van der Waals surface area contributed by atoms with E-state index in [1.54, 1.807) is 25.4 Å². The van der Waals surface area contributed by atoms with Gasteiger partial charge < -0.3 is 24.1 Å². The minimum Gasteiger partial charge on any atom is -0.493 e. The van der Waals surface area contributed by atoms with E-state index in [0.717, 1.165) is 18.5 Å². The zero-order valence-electron chi connectivity index (χ0n) is 19.9. The highest BCUT2D eigenvalue weighted by Gasteiger charge is 2.33. The largest absolute Gasteiger partial charge is 0.493 e. The SMILES string of the molecule is COc1cc(CN2CCOC[C@@](O)(COc3cccc(F)c3)C2)ccc1OCCCn1cccn1. The molecule has 2 aromatic carbocycles. The Hall–Kier alpha value is -3.14. The van der Waals surface area contributed by atoms with Gasteiger partial charge in [0.05, 0.1) is 26.9 Å². The molecule has 0 bridgehead atoms. The normalized spacial score (nSPS) is 18.7. The summed E-state index contributed by atoms with van der Waals surface area (Å²) in [5, 5.41) is 15.3. The molecule has 1 fully saturated rings. The van der Waals surface area contributed by atoms with Gasteiger partial charge in [-0.3, -0.25) is 9.58 Å². The lowest BCUT2D eigenvalue weighted by Crippen LogP contribution is -2.48. The molecule has 1 aromatic heterocycles. The van der Waals surface area contributed by atoms with Crippen molar-refractivity contribution in [1.82, 2.24) is 14.7 Å². The summed E-state index contributed by atoms with van der Waals surface area (Å²) in [7, 11) is 1.62. The van der Waals surface area contributed by atoms with Crippen LogP contribution >= 0.6 is 0 Å². The van der Waals surface area contributed by atoms with E-state index in [0.29, 0.717) is 50.1 Å². The first-order valence-electron chi connectivity index (χ1n) is 11.7. The highest BCUT2D eigenvalue weighted by atomic mass is 19.1. The molecule has 188 valence electrons. The molecule has 0 aliphatic carbocycles. The topological polar surface area (TPSA) is 78.2 Å². The van der Waals surface area contributed by atoms with Gasteiger partial charge in [0.1, 0.15) is 23.8 Å². The van der Waals surface area contributed by atoms with Crippen molar-refractivity contribution in [3.8, 4) is 17.2 Å². The van der Waals surface area contributed by atoms with Crippen LogP contribution in [-0.4, -0.2) is 72.0 Å². The van der Waals surface area contributed by atoms with E-state index in [1.807, 2.05) is 35.1 Å². The van der Waals surface area contributed by atoms with E-state index in [9.17, 15) is 9.50 Å². The molecule has 0 unspecified atom stereocenters. The lowest BCUT2D eigenvalue weighted by molar-refractivity contribution is -0.0647. The summed E-state index contributed by atoms with van der Waals surface area (Å²) in [6.45, 7) is 3.60. The molecule has 0 radical (unpaired) electrons. The number of halogens is 1. The van der Waals surface area contributed by atoms with E-state index >= 15 is 0 Å². The fraction of sp³-hybridized carbons (Fsp3) is 0.423. The quantitative estimate of drug-likeness (QED) is 0.418. The molecular weight excluding hydrogens is 453 g/mol. The monoisotopic (exact) mass is 485 g/mol. The van der Waals surface area contributed by atoms with Crippen molar-refractivity contribution in [2.24, 2.45) is 0 Å². The van der Waals surface area contributed by atoms with Gasteiger partial charge in [0.2, 0.25) is 0 Å². The van der Waals surface area contributed by atoms with Crippen molar-refractivity contribution in [3.05, 3.63) is 72.3 Å². The number of aromatic nitrogens is 2. The van der Waals surface area contributed by atoms with Crippen LogP contribution in [0.3, 0.4) is 0 Å². The fourth-order valence-corrected chi connectivity index (χ4v) is 4.02. The van der Waals surface area contributed by atoms with Gasteiger partial charge >= 0.3 is 0 Å². The Labute approximate surface area is 204 Å². The number of benzene rings is 2. The Morgan fingerprint density at radius 1 is 1.14 bits per heavy atom. The maximum atomic E-state index is 13.4. The second kappa shape index (κ2) is 12.0. The number of hydrogen-bond acceptors (Lipinski definition) is 7. The Morgan fingerprint density at radius 3 is 2.86 bits per heavy atom. The maximum absolute atomic E-state index is 13.4. The third kappa shape index (κ3) is 7.42. The smallest absolute Gasteiger partial charge is 0.161 e. The van der Waals surface area contributed by atoms with Gasteiger partial charge in [-0.1, -0.05) is 12.1 Å². The average molecular weight is 486 g/mol. The van der Waals surface area contributed by atoms with E-state index in [4.69, 9.17) is 18.9 Å². The third-order valence-electron chi connectivity index (χ3n) is 5.73. The molecule has 4 rings (SSSR count). The summed E-state index contributed by atoms with van der Waals surface area (Å²) in [5.41, 5.74) is -0.189. The van der Waals surface area contributed by atoms with Crippen LogP contribution in [0.1, 0.15) is 12.0 Å². The summed E-state index contributed by atoms with van der Waals surface area (Å²) in [5.74, 6) is 1.35. The summed E-state index contributed by atoms with van der Waals surface area (Å²) in [4.78, 5) is 2.11. The first kappa shape index (κ1) is 25.0. The van der Waals surface area contributed by atoms with Gasteiger partial charge in [0.15, 0.2) is 11.5 Å². The standard InChI is InChI=1S/C26H32FN3O5/c1-32-25-15-21(7-8-24(25)34-13-4-11-30-10-3-9-28-30)17-29-12-14-33-19-26(31,18-29)20-35-23-6-2-5-22(27)16-23/h2-3,5-10,15-16,31H,4,11-14,17-20H2,1H3/t26-/m1/s1. The van der Waals surface area contributed by atoms with Gasteiger partial charge in [-0.25, -0.2) is 4.39 Å². The van der Waals surface area contributed by atoms with Crippen LogP contribution in [0.15, 0.2) is 60.9 Å². The number of aryl methyl sites for hydroxylation is 1. The Balaban J connectivity index is 1.32. The molecule has 8 nitrogen and oxygen atoms in total. The van der Waals surface area contributed by atoms with Gasteiger partial charge in [-0.15, -0.1) is 0 Å². The van der Waals surface area contributed by atoms with Crippen LogP contribution in [0.2, 0.25) is 0 Å². The van der Waals surface area contributed by atoms with E-state index < -0.39 is 5.60 Å². The molecule has 1 atom stereocenters. The van der Waals surface area contributed by atoms with E-state index in [-0.39, 0.29) is 19.0 Å². The molecule has 1 N–H and O–H groups in total. The zero-order valence-corrected chi connectivity index (χ0v) is 19.9. The molecule has 1 aliphatic rings. The van der Waals surface area contributed by atoms with Crippen molar-refractivity contribution in [3.63, 3.8) is 0 Å². The molecule has 0 amide bonds.